The Labute approximate surface area is 175 Å². The van der Waals surface area contributed by atoms with Gasteiger partial charge in [-0.2, -0.15) is 0 Å². The van der Waals surface area contributed by atoms with Crippen LogP contribution in [0, 0.1) is 11.3 Å². The summed E-state index contributed by atoms with van der Waals surface area (Å²) in [5, 5.41) is 0. The number of nitrogens with zero attached hydrogens (tertiary/aromatic N) is 2. The topological polar surface area (TPSA) is 66.6 Å². The Morgan fingerprint density at radius 1 is 1.17 bits per heavy atom. The molecule has 3 rings (SSSR count). The van der Waals surface area contributed by atoms with E-state index in [0.717, 1.165) is 58.4 Å². The van der Waals surface area contributed by atoms with Crippen LogP contribution in [0.5, 0.6) is 0 Å². The van der Waals surface area contributed by atoms with Gasteiger partial charge in [0, 0.05) is 32.5 Å². The van der Waals surface area contributed by atoms with Crippen molar-refractivity contribution < 1.29 is 9.59 Å². The molecule has 0 radical (unpaired) electrons. The zero-order chi connectivity index (χ0) is 21.0. The van der Waals surface area contributed by atoms with Crippen molar-refractivity contribution in [2.45, 2.75) is 58.8 Å². The van der Waals surface area contributed by atoms with Gasteiger partial charge in [0.25, 0.3) is 0 Å². The van der Waals surface area contributed by atoms with Gasteiger partial charge in [0.2, 0.25) is 11.8 Å². The number of carbonyl (C=O) groups excluding carboxylic acids is 2. The van der Waals surface area contributed by atoms with Crippen LogP contribution in [0.4, 0.5) is 0 Å². The van der Waals surface area contributed by atoms with E-state index in [2.05, 4.69) is 43.0 Å². The van der Waals surface area contributed by atoms with Crippen LogP contribution < -0.4 is 5.73 Å². The lowest BCUT2D eigenvalue weighted by atomic mass is 9.71. The van der Waals surface area contributed by atoms with Crippen molar-refractivity contribution >= 4 is 11.8 Å². The summed E-state index contributed by atoms with van der Waals surface area (Å²) in [6.07, 6.45) is 4.49. The highest BCUT2D eigenvalue weighted by molar-refractivity contribution is 5.81. The number of nitrogens with two attached hydrogens (primary N) is 1. The van der Waals surface area contributed by atoms with Gasteiger partial charge < -0.3 is 15.5 Å². The van der Waals surface area contributed by atoms with Gasteiger partial charge in [-0.3, -0.25) is 9.59 Å². The monoisotopic (exact) mass is 399 g/mol. The number of rotatable bonds is 6. The first-order valence-electron chi connectivity index (χ1n) is 11.2. The lowest BCUT2D eigenvalue weighted by molar-refractivity contribution is -0.130. The Kier molecular flexibility index (Phi) is 6.99. The van der Waals surface area contributed by atoms with E-state index in [1.807, 2.05) is 4.90 Å². The minimum absolute atomic E-state index is 0.151. The molecule has 0 spiro atoms. The van der Waals surface area contributed by atoms with Gasteiger partial charge in [0.1, 0.15) is 0 Å². The van der Waals surface area contributed by atoms with Crippen molar-refractivity contribution in [3.63, 3.8) is 0 Å². The van der Waals surface area contributed by atoms with E-state index in [-0.39, 0.29) is 11.8 Å². The fraction of sp³-hybridized carbons (Fsp3) is 0.667. The molecule has 1 aromatic carbocycles. The van der Waals surface area contributed by atoms with E-state index in [9.17, 15) is 9.59 Å². The van der Waals surface area contributed by atoms with Crippen LogP contribution in [0.25, 0.3) is 0 Å². The molecule has 2 saturated heterocycles. The SMILES string of the molecule is CC(=O)N1CCC[C@@H](c2ccccc2CC2(C(N)=O)CCN(CC(C)C)CC2)C1. The average molecular weight is 400 g/mol. The van der Waals surface area contributed by atoms with Crippen molar-refractivity contribution in [2.75, 3.05) is 32.7 Å². The number of benzene rings is 1. The van der Waals surface area contributed by atoms with Gasteiger partial charge in [0.05, 0.1) is 5.41 Å². The van der Waals surface area contributed by atoms with Crippen LogP contribution in [0.3, 0.4) is 0 Å². The molecule has 0 aromatic heterocycles. The van der Waals surface area contributed by atoms with Gasteiger partial charge in [-0.05, 0) is 62.2 Å². The van der Waals surface area contributed by atoms with Crippen LogP contribution in [-0.2, 0) is 16.0 Å². The predicted octanol–water partition coefficient (Wildman–Crippen LogP) is 3.18. The summed E-state index contributed by atoms with van der Waals surface area (Å²) in [5.74, 6) is 0.964. The van der Waals surface area contributed by atoms with Crippen LogP contribution in [0.2, 0.25) is 0 Å². The molecular formula is C24H37N3O2. The minimum Gasteiger partial charge on any atom is -0.369 e. The molecule has 2 heterocycles. The van der Waals surface area contributed by atoms with Gasteiger partial charge in [0.15, 0.2) is 0 Å². The van der Waals surface area contributed by atoms with Gasteiger partial charge in [-0.15, -0.1) is 0 Å². The van der Waals surface area contributed by atoms with Gasteiger partial charge in [-0.25, -0.2) is 0 Å². The summed E-state index contributed by atoms with van der Waals surface area (Å²) in [4.78, 5) is 28.9. The largest absolute Gasteiger partial charge is 0.369 e. The van der Waals surface area contributed by atoms with Crippen molar-refractivity contribution in [1.82, 2.24) is 9.80 Å². The molecule has 1 aromatic rings. The van der Waals surface area contributed by atoms with E-state index in [0.29, 0.717) is 18.3 Å². The van der Waals surface area contributed by atoms with E-state index in [1.54, 1.807) is 6.92 Å². The summed E-state index contributed by atoms with van der Waals surface area (Å²) in [7, 11) is 0. The third kappa shape index (κ3) is 5.19. The smallest absolute Gasteiger partial charge is 0.224 e. The molecule has 0 bridgehead atoms. The van der Waals surface area contributed by atoms with Gasteiger partial charge >= 0.3 is 0 Å². The summed E-state index contributed by atoms with van der Waals surface area (Å²) in [6.45, 7) is 10.7. The Balaban J connectivity index is 1.78. The molecule has 2 amide bonds. The molecule has 0 aliphatic carbocycles. The normalized spacial score (nSPS) is 22.6. The fourth-order valence-electron chi connectivity index (χ4n) is 5.17. The molecule has 2 aliphatic rings. The van der Waals surface area contributed by atoms with Crippen LogP contribution in [0.15, 0.2) is 24.3 Å². The molecule has 2 fully saturated rings. The second kappa shape index (κ2) is 9.29. The molecule has 2 N–H and O–H groups in total. The first kappa shape index (κ1) is 21.8. The number of hydrogen-bond acceptors (Lipinski definition) is 3. The van der Waals surface area contributed by atoms with E-state index >= 15 is 0 Å². The van der Waals surface area contributed by atoms with Crippen LogP contribution in [-0.4, -0.2) is 54.3 Å². The first-order valence-corrected chi connectivity index (χ1v) is 11.2. The van der Waals surface area contributed by atoms with Crippen molar-refractivity contribution in [3.05, 3.63) is 35.4 Å². The number of piperidine rings is 2. The summed E-state index contributed by atoms with van der Waals surface area (Å²) in [6, 6.07) is 8.49. The average Bonchev–Trinajstić information content (AvgIpc) is 2.69. The van der Waals surface area contributed by atoms with Crippen molar-refractivity contribution in [2.24, 2.45) is 17.1 Å². The van der Waals surface area contributed by atoms with Crippen LogP contribution in [0.1, 0.15) is 63.5 Å². The second-order valence-corrected chi connectivity index (χ2v) is 9.52. The molecule has 160 valence electrons. The Hall–Kier alpha value is -1.88. The summed E-state index contributed by atoms with van der Waals surface area (Å²) >= 11 is 0. The molecule has 2 aliphatic heterocycles. The lowest BCUT2D eigenvalue weighted by Gasteiger charge is -2.41. The van der Waals surface area contributed by atoms with Crippen LogP contribution >= 0.6 is 0 Å². The highest BCUT2D eigenvalue weighted by Gasteiger charge is 2.40. The highest BCUT2D eigenvalue weighted by Crippen LogP contribution is 2.38. The number of amides is 2. The van der Waals surface area contributed by atoms with Gasteiger partial charge in [-0.1, -0.05) is 38.1 Å². The minimum atomic E-state index is -0.460. The van der Waals surface area contributed by atoms with E-state index in [4.69, 9.17) is 5.73 Å². The molecule has 0 unspecified atom stereocenters. The van der Waals surface area contributed by atoms with E-state index < -0.39 is 5.41 Å². The number of likely N-dealkylation sites (tertiary alicyclic amines) is 2. The number of hydrogen-bond donors (Lipinski definition) is 1. The van der Waals surface area contributed by atoms with Crippen molar-refractivity contribution in [3.8, 4) is 0 Å². The maximum atomic E-state index is 12.6. The Morgan fingerprint density at radius 2 is 1.86 bits per heavy atom. The Bertz CT molecular complexity index is 723. The lowest BCUT2D eigenvalue weighted by Crippen LogP contribution is -2.49. The Morgan fingerprint density at radius 3 is 2.48 bits per heavy atom. The maximum absolute atomic E-state index is 12.6. The fourth-order valence-corrected chi connectivity index (χ4v) is 5.17. The quantitative estimate of drug-likeness (QED) is 0.799. The zero-order valence-corrected chi connectivity index (χ0v) is 18.3. The van der Waals surface area contributed by atoms with E-state index in [1.165, 1.54) is 11.1 Å². The molecule has 0 saturated carbocycles. The molecule has 5 heteroatoms. The first-order chi connectivity index (χ1) is 13.8. The zero-order valence-electron chi connectivity index (χ0n) is 18.3. The highest BCUT2D eigenvalue weighted by atomic mass is 16.2. The standard InChI is InChI=1S/C24H37N3O2/c1-18(2)16-26-13-10-24(11-14-26,23(25)29)15-20-7-4-5-9-22(20)21-8-6-12-27(17-21)19(3)28/h4-5,7,9,18,21H,6,8,10-17H2,1-3H3,(H2,25,29)/t21-/m1/s1. The third-order valence-electron chi connectivity index (χ3n) is 6.85. The molecule has 29 heavy (non-hydrogen) atoms. The van der Waals surface area contributed by atoms with Crippen molar-refractivity contribution in [1.29, 1.82) is 0 Å². The molecular weight excluding hydrogens is 362 g/mol. The molecule has 1 atom stereocenters. The maximum Gasteiger partial charge on any atom is 0.224 e. The second-order valence-electron chi connectivity index (χ2n) is 9.52. The predicted molar refractivity (Wildman–Crippen MR) is 117 cm³/mol. The number of carbonyl (C=O) groups is 2. The number of primary amides is 1. The summed E-state index contributed by atoms with van der Waals surface area (Å²) < 4.78 is 0. The molecule has 5 nitrogen and oxygen atoms in total. The summed E-state index contributed by atoms with van der Waals surface area (Å²) in [5.41, 5.74) is 8.05. The third-order valence-corrected chi connectivity index (χ3v) is 6.85.